The number of hydrogen-bond acceptors (Lipinski definition) is 7. The molecule has 0 aromatic heterocycles. The number of methoxy groups -OCH3 is 1. The molecular formula is C32H41N7O6. The standard InChI is InChI=1S/C32H41N7O6/c1-20(2)28(39-32(43)45-19-21-10-5-4-6-11-21)30(42)36-18-27(40)38-25(14-9-15-35-31(33)34)29(41)37-23-16-22-12-7-8-13-24(22)26(17-23)44-3/h4-8,10-13,16-17,20,25,28H,9,14-15,18-19H2,1-3H3,(H,36,42)(H,37,41)(H,38,40)(H,39,43)(H4,33,34,35). The second-order valence-corrected chi connectivity index (χ2v) is 10.6. The van der Waals surface area contributed by atoms with E-state index in [-0.39, 0.29) is 24.9 Å². The maximum Gasteiger partial charge on any atom is 0.408 e. The molecule has 0 heterocycles. The van der Waals surface area contributed by atoms with Gasteiger partial charge in [-0.05, 0) is 35.8 Å². The van der Waals surface area contributed by atoms with Crippen LogP contribution < -0.4 is 37.1 Å². The molecule has 0 saturated carbocycles. The molecule has 8 N–H and O–H groups in total. The largest absolute Gasteiger partial charge is 0.496 e. The Balaban J connectivity index is 1.60. The first kappa shape index (κ1) is 34.2. The van der Waals surface area contributed by atoms with Crippen LogP contribution in [-0.4, -0.2) is 62.1 Å². The van der Waals surface area contributed by atoms with Crippen LogP contribution in [0.5, 0.6) is 5.75 Å². The fourth-order valence-electron chi connectivity index (χ4n) is 4.49. The Labute approximate surface area is 262 Å². The summed E-state index contributed by atoms with van der Waals surface area (Å²) in [5.41, 5.74) is 6.63. The van der Waals surface area contributed by atoms with Crippen molar-refractivity contribution in [1.29, 1.82) is 5.41 Å². The number of benzene rings is 3. The van der Waals surface area contributed by atoms with E-state index in [0.29, 0.717) is 24.4 Å². The number of guanidine groups is 1. The Morgan fingerprint density at radius 3 is 2.31 bits per heavy atom. The quantitative estimate of drug-likeness (QED) is 0.0765. The molecule has 0 aliphatic heterocycles. The zero-order chi connectivity index (χ0) is 32.8. The number of carbonyl (C=O) groups excluding carboxylic acids is 4. The van der Waals surface area contributed by atoms with Crippen LogP contribution in [0.3, 0.4) is 0 Å². The van der Waals surface area contributed by atoms with Crippen molar-refractivity contribution < 1.29 is 28.7 Å². The predicted molar refractivity (Wildman–Crippen MR) is 172 cm³/mol. The van der Waals surface area contributed by atoms with Gasteiger partial charge >= 0.3 is 6.09 Å². The predicted octanol–water partition coefficient (Wildman–Crippen LogP) is 2.60. The lowest BCUT2D eigenvalue weighted by Gasteiger charge is -2.22. The van der Waals surface area contributed by atoms with Crippen LogP contribution in [0.2, 0.25) is 0 Å². The highest BCUT2D eigenvalue weighted by molar-refractivity contribution is 6.01. The molecule has 0 radical (unpaired) electrons. The van der Waals surface area contributed by atoms with Crippen LogP contribution in [0, 0.1) is 11.3 Å². The van der Waals surface area contributed by atoms with Crippen molar-refractivity contribution in [1.82, 2.24) is 21.3 Å². The summed E-state index contributed by atoms with van der Waals surface area (Å²) in [6.45, 7) is 3.43. The van der Waals surface area contributed by atoms with Gasteiger partial charge in [-0.25, -0.2) is 4.79 Å². The van der Waals surface area contributed by atoms with Gasteiger partial charge in [0.2, 0.25) is 17.7 Å². The smallest absolute Gasteiger partial charge is 0.408 e. The lowest BCUT2D eigenvalue weighted by molar-refractivity contribution is -0.129. The van der Waals surface area contributed by atoms with Gasteiger partial charge < -0.3 is 41.8 Å². The summed E-state index contributed by atoms with van der Waals surface area (Å²) < 4.78 is 10.7. The van der Waals surface area contributed by atoms with Crippen molar-refractivity contribution >= 4 is 46.2 Å². The van der Waals surface area contributed by atoms with E-state index in [1.807, 2.05) is 54.6 Å². The number of hydrogen-bond donors (Lipinski definition) is 7. The van der Waals surface area contributed by atoms with Crippen molar-refractivity contribution in [2.75, 3.05) is 25.5 Å². The SMILES string of the molecule is COc1cc(NC(=O)C(CCCNC(=N)N)NC(=O)CNC(=O)C(NC(=O)OCc2ccccc2)C(C)C)cc2ccccc12. The highest BCUT2D eigenvalue weighted by atomic mass is 16.5. The van der Waals surface area contributed by atoms with E-state index in [4.69, 9.17) is 20.6 Å². The first-order valence-electron chi connectivity index (χ1n) is 14.6. The zero-order valence-electron chi connectivity index (χ0n) is 25.6. The molecule has 0 saturated heterocycles. The maximum atomic E-state index is 13.3. The Hall–Kier alpha value is -5.33. The van der Waals surface area contributed by atoms with E-state index >= 15 is 0 Å². The monoisotopic (exact) mass is 619 g/mol. The van der Waals surface area contributed by atoms with Crippen molar-refractivity contribution in [2.24, 2.45) is 11.7 Å². The van der Waals surface area contributed by atoms with Gasteiger partial charge in [0, 0.05) is 23.7 Å². The summed E-state index contributed by atoms with van der Waals surface area (Å²) in [4.78, 5) is 51.5. The minimum atomic E-state index is -0.965. The number of alkyl carbamates (subject to hydrolysis) is 1. The Morgan fingerprint density at radius 2 is 1.62 bits per heavy atom. The molecule has 2 unspecified atom stereocenters. The normalized spacial score (nSPS) is 12.0. The van der Waals surface area contributed by atoms with Gasteiger partial charge in [0.25, 0.3) is 0 Å². The number of carbonyl (C=O) groups is 4. The number of ether oxygens (including phenoxy) is 2. The van der Waals surface area contributed by atoms with Crippen LogP contribution >= 0.6 is 0 Å². The number of rotatable bonds is 15. The second-order valence-electron chi connectivity index (χ2n) is 10.6. The Morgan fingerprint density at radius 1 is 0.911 bits per heavy atom. The van der Waals surface area contributed by atoms with Gasteiger partial charge in [0.15, 0.2) is 5.96 Å². The topological polar surface area (TPSA) is 197 Å². The lowest BCUT2D eigenvalue weighted by atomic mass is 10.0. The fourth-order valence-corrected chi connectivity index (χ4v) is 4.49. The van der Waals surface area contributed by atoms with E-state index in [1.165, 1.54) is 0 Å². The van der Waals surface area contributed by atoms with Crippen LogP contribution in [-0.2, 0) is 25.7 Å². The molecule has 3 rings (SSSR count). The molecule has 4 amide bonds. The van der Waals surface area contributed by atoms with Crippen molar-refractivity contribution in [3.8, 4) is 5.75 Å². The molecule has 0 fully saturated rings. The molecule has 13 heteroatoms. The molecule has 0 spiro atoms. The van der Waals surface area contributed by atoms with E-state index < -0.39 is 42.4 Å². The molecule has 45 heavy (non-hydrogen) atoms. The summed E-state index contributed by atoms with van der Waals surface area (Å²) >= 11 is 0. The van der Waals surface area contributed by atoms with Crippen LogP contribution in [0.25, 0.3) is 10.8 Å². The van der Waals surface area contributed by atoms with E-state index in [2.05, 4.69) is 26.6 Å². The average molecular weight is 620 g/mol. The molecule has 0 aliphatic rings. The second kappa shape index (κ2) is 17.1. The van der Waals surface area contributed by atoms with Crippen LogP contribution in [0.4, 0.5) is 10.5 Å². The third-order valence-electron chi connectivity index (χ3n) is 6.81. The van der Waals surface area contributed by atoms with E-state index in [9.17, 15) is 19.2 Å². The number of fused-ring (bicyclic) bond motifs is 1. The molecule has 3 aromatic rings. The molecule has 3 aromatic carbocycles. The highest BCUT2D eigenvalue weighted by Crippen LogP contribution is 2.29. The number of anilines is 1. The summed E-state index contributed by atoms with van der Waals surface area (Å²) in [5.74, 6) is -1.58. The number of nitrogens with two attached hydrogens (primary N) is 1. The first-order chi connectivity index (χ1) is 21.6. The molecular weight excluding hydrogens is 578 g/mol. The van der Waals surface area contributed by atoms with Crippen molar-refractivity contribution in [3.63, 3.8) is 0 Å². The fraction of sp³-hybridized carbons (Fsp3) is 0.344. The third kappa shape index (κ3) is 11.0. The molecule has 0 aliphatic carbocycles. The van der Waals surface area contributed by atoms with E-state index in [1.54, 1.807) is 33.1 Å². The zero-order valence-corrected chi connectivity index (χ0v) is 25.6. The lowest BCUT2D eigenvalue weighted by Crippen LogP contribution is -2.53. The van der Waals surface area contributed by atoms with Crippen molar-refractivity contribution in [2.45, 2.75) is 45.4 Å². The summed E-state index contributed by atoms with van der Waals surface area (Å²) in [5, 5.41) is 22.3. The van der Waals surface area contributed by atoms with Gasteiger partial charge in [0.05, 0.1) is 13.7 Å². The summed E-state index contributed by atoms with van der Waals surface area (Å²) in [6.07, 6.45) is -0.131. The minimum Gasteiger partial charge on any atom is -0.496 e. The average Bonchev–Trinajstić information content (AvgIpc) is 3.02. The summed E-state index contributed by atoms with van der Waals surface area (Å²) in [7, 11) is 1.54. The highest BCUT2D eigenvalue weighted by Gasteiger charge is 2.26. The van der Waals surface area contributed by atoms with Gasteiger partial charge in [-0.1, -0.05) is 68.4 Å². The molecule has 0 bridgehead atoms. The number of nitrogens with one attached hydrogen (secondary N) is 6. The van der Waals surface area contributed by atoms with Gasteiger partial charge in [-0.2, -0.15) is 0 Å². The van der Waals surface area contributed by atoms with Gasteiger partial charge in [0.1, 0.15) is 24.4 Å². The van der Waals surface area contributed by atoms with Crippen LogP contribution in [0.15, 0.2) is 66.7 Å². The Kier molecular flexibility index (Phi) is 13.0. The molecule has 2 atom stereocenters. The van der Waals surface area contributed by atoms with Gasteiger partial charge in [-0.15, -0.1) is 0 Å². The maximum absolute atomic E-state index is 13.3. The van der Waals surface area contributed by atoms with E-state index in [0.717, 1.165) is 16.3 Å². The molecule has 13 nitrogen and oxygen atoms in total. The first-order valence-corrected chi connectivity index (χ1v) is 14.6. The third-order valence-corrected chi connectivity index (χ3v) is 6.81. The number of amides is 4. The molecule has 240 valence electrons. The summed E-state index contributed by atoms with van der Waals surface area (Å²) in [6, 6.07) is 18.3. The Bertz CT molecular complexity index is 1480. The minimum absolute atomic E-state index is 0.0406. The van der Waals surface area contributed by atoms with Crippen molar-refractivity contribution in [3.05, 3.63) is 72.3 Å². The van der Waals surface area contributed by atoms with Gasteiger partial charge in [-0.3, -0.25) is 19.8 Å². The van der Waals surface area contributed by atoms with Crippen LogP contribution in [0.1, 0.15) is 32.3 Å².